The molecule has 0 aliphatic carbocycles. The molecule has 1 heterocycles. The maximum absolute atomic E-state index is 10.5. The summed E-state index contributed by atoms with van der Waals surface area (Å²) in [6.07, 6.45) is 0. The number of ether oxygens (including phenoxy) is 1. The van der Waals surface area contributed by atoms with Gasteiger partial charge in [-0.15, -0.1) is 11.3 Å². The predicted molar refractivity (Wildman–Crippen MR) is 70.0 cm³/mol. The van der Waals surface area contributed by atoms with Crippen molar-refractivity contribution >= 4 is 17.2 Å². The van der Waals surface area contributed by atoms with Gasteiger partial charge in [0.2, 0.25) is 5.91 Å². The highest BCUT2D eigenvalue weighted by atomic mass is 32.1. The molecule has 0 fully saturated rings. The largest absolute Gasteiger partial charge is 0.370 e. The first-order valence-corrected chi connectivity index (χ1v) is 6.34. The number of nitrogens with two attached hydrogens (primary N) is 2. The van der Waals surface area contributed by atoms with E-state index < -0.39 is 5.91 Å². The van der Waals surface area contributed by atoms with Gasteiger partial charge in [0.05, 0.1) is 12.6 Å². The minimum absolute atomic E-state index is 0.0782. The van der Waals surface area contributed by atoms with E-state index >= 15 is 0 Å². The number of hydrogen-bond acceptors (Lipinski definition) is 4. The van der Waals surface area contributed by atoms with Gasteiger partial charge in [-0.05, 0) is 17.5 Å². The molecular formula is C12H20N2O2S. The van der Waals surface area contributed by atoms with Crippen LogP contribution in [0.5, 0.6) is 0 Å². The quantitative estimate of drug-likeness (QED) is 0.839. The molecule has 4 nitrogen and oxygen atoms in total. The summed E-state index contributed by atoms with van der Waals surface area (Å²) in [5, 5.41) is 0. The molecular weight excluding hydrogens is 236 g/mol. The molecule has 0 radical (unpaired) electrons. The number of carbonyl (C=O) groups is 1. The van der Waals surface area contributed by atoms with Gasteiger partial charge in [0, 0.05) is 9.75 Å². The minimum Gasteiger partial charge on any atom is -0.370 e. The van der Waals surface area contributed by atoms with Crippen molar-refractivity contribution in [1.82, 2.24) is 0 Å². The Morgan fingerprint density at radius 2 is 2.12 bits per heavy atom. The molecule has 1 aromatic heterocycles. The molecule has 1 unspecified atom stereocenters. The summed E-state index contributed by atoms with van der Waals surface area (Å²) in [5.41, 5.74) is 11.1. The van der Waals surface area contributed by atoms with E-state index in [4.69, 9.17) is 16.2 Å². The highest BCUT2D eigenvalue weighted by Gasteiger charge is 2.18. The van der Waals surface area contributed by atoms with Crippen molar-refractivity contribution < 1.29 is 9.53 Å². The molecule has 1 aromatic rings. The van der Waals surface area contributed by atoms with Crippen molar-refractivity contribution in [3.8, 4) is 0 Å². The maximum atomic E-state index is 10.5. The third-order valence-electron chi connectivity index (χ3n) is 2.27. The Labute approximate surface area is 106 Å². The van der Waals surface area contributed by atoms with E-state index in [-0.39, 0.29) is 18.1 Å². The first kappa shape index (κ1) is 14.2. The van der Waals surface area contributed by atoms with Gasteiger partial charge >= 0.3 is 0 Å². The molecule has 0 aromatic carbocycles. The normalized spacial score (nSPS) is 13.6. The third kappa shape index (κ3) is 4.46. The standard InChI is InChI=1S/C12H20N2O2S/c1-12(2,3)10-5-4-9(17-10)8(13)6-16-7-11(14)15/h4-5,8H,6-7,13H2,1-3H3,(H2,14,15). The molecule has 4 N–H and O–H groups in total. The maximum Gasteiger partial charge on any atom is 0.243 e. The number of hydrogen-bond donors (Lipinski definition) is 2. The summed E-state index contributed by atoms with van der Waals surface area (Å²) in [6, 6.07) is 3.91. The number of primary amides is 1. The van der Waals surface area contributed by atoms with Crippen LogP contribution in [0.3, 0.4) is 0 Å². The fourth-order valence-corrected chi connectivity index (χ4v) is 2.38. The van der Waals surface area contributed by atoms with E-state index in [2.05, 4.69) is 26.8 Å². The molecule has 0 saturated carbocycles. The Morgan fingerprint density at radius 1 is 1.47 bits per heavy atom. The molecule has 1 amide bonds. The van der Waals surface area contributed by atoms with Gasteiger partial charge in [-0.1, -0.05) is 20.8 Å². The summed E-state index contributed by atoms with van der Waals surface area (Å²) in [5.74, 6) is -0.473. The number of thiophene rings is 1. The van der Waals surface area contributed by atoms with Crippen LogP contribution < -0.4 is 11.5 Å². The topological polar surface area (TPSA) is 78.3 Å². The van der Waals surface area contributed by atoms with E-state index in [1.54, 1.807) is 11.3 Å². The van der Waals surface area contributed by atoms with Gasteiger partial charge in [0.1, 0.15) is 6.61 Å². The monoisotopic (exact) mass is 256 g/mol. The average Bonchev–Trinajstić information content (AvgIpc) is 2.64. The smallest absolute Gasteiger partial charge is 0.243 e. The van der Waals surface area contributed by atoms with Crippen molar-refractivity contribution in [1.29, 1.82) is 0 Å². The molecule has 0 saturated heterocycles. The molecule has 0 aliphatic heterocycles. The lowest BCUT2D eigenvalue weighted by atomic mass is 9.95. The van der Waals surface area contributed by atoms with Gasteiger partial charge in [0.15, 0.2) is 0 Å². The molecule has 0 spiro atoms. The molecule has 0 aliphatic rings. The minimum atomic E-state index is -0.473. The Bertz CT molecular complexity index is 382. The summed E-state index contributed by atoms with van der Waals surface area (Å²) in [4.78, 5) is 12.9. The zero-order valence-electron chi connectivity index (χ0n) is 10.5. The number of carbonyl (C=O) groups excluding carboxylic acids is 1. The van der Waals surface area contributed by atoms with Crippen LogP contribution in [0.15, 0.2) is 12.1 Å². The van der Waals surface area contributed by atoms with Gasteiger partial charge in [-0.3, -0.25) is 4.79 Å². The van der Waals surface area contributed by atoms with Crippen molar-refractivity contribution in [3.05, 3.63) is 21.9 Å². The van der Waals surface area contributed by atoms with Crippen molar-refractivity contribution in [2.45, 2.75) is 32.2 Å². The second-order valence-electron chi connectivity index (χ2n) is 5.04. The van der Waals surface area contributed by atoms with Crippen LogP contribution in [0, 0.1) is 0 Å². The van der Waals surface area contributed by atoms with Crippen LogP contribution in [0.1, 0.15) is 36.6 Å². The van der Waals surface area contributed by atoms with Crippen LogP contribution in [-0.2, 0) is 14.9 Å². The van der Waals surface area contributed by atoms with Crippen LogP contribution in [0.4, 0.5) is 0 Å². The lowest BCUT2D eigenvalue weighted by Crippen LogP contribution is -2.22. The first-order chi connectivity index (χ1) is 7.80. The van der Waals surface area contributed by atoms with Crippen LogP contribution in [0.2, 0.25) is 0 Å². The summed E-state index contributed by atoms with van der Waals surface area (Å²) in [6.45, 7) is 6.73. The SMILES string of the molecule is CC(C)(C)c1ccc(C(N)COCC(N)=O)s1. The molecule has 1 atom stereocenters. The summed E-state index contributed by atoms with van der Waals surface area (Å²) < 4.78 is 5.11. The van der Waals surface area contributed by atoms with E-state index in [0.717, 1.165) is 4.88 Å². The number of rotatable bonds is 5. The molecule has 96 valence electrons. The van der Waals surface area contributed by atoms with E-state index in [1.165, 1.54) is 4.88 Å². The van der Waals surface area contributed by atoms with E-state index in [9.17, 15) is 4.79 Å². The van der Waals surface area contributed by atoms with Crippen LogP contribution >= 0.6 is 11.3 Å². The van der Waals surface area contributed by atoms with E-state index in [0.29, 0.717) is 6.61 Å². The first-order valence-electron chi connectivity index (χ1n) is 5.52. The van der Waals surface area contributed by atoms with Gasteiger partial charge in [-0.2, -0.15) is 0 Å². The zero-order valence-corrected chi connectivity index (χ0v) is 11.3. The second kappa shape index (κ2) is 5.62. The fourth-order valence-electron chi connectivity index (χ4n) is 1.32. The fraction of sp³-hybridized carbons (Fsp3) is 0.583. The Morgan fingerprint density at radius 3 is 2.59 bits per heavy atom. The zero-order chi connectivity index (χ0) is 13.1. The third-order valence-corrected chi connectivity index (χ3v) is 3.92. The van der Waals surface area contributed by atoms with E-state index in [1.807, 2.05) is 6.07 Å². The summed E-state index contributed by atoms with van der Waals surface area (Å²) in [7, 11) is 0. The van der Waals surface area contributed by atoms with Crippen molar-refractivity contribution in [2.75, 3.05) is 13.2 Å². The predicted octanol–water partition coefficient (Wildman–Crippen LogP) is 1.55. The highest BCUT2D eigenvalue weighted by Crippen LogP contribution is 2.31. The van der Waals surface area contributed by atoms with Gasteiger partial charge in [-0.25, -0.2) is 0 Å². The Kier molecular flexibility index (Phi) is 4.68. The highest BCUT2D eigenvalue weighted by molar-refractivity contribution is 7.12. The molecule has 5 heteroatoms. The van der Waals surface area contributed by atoms with Crippen LogP contribution in [-0.4, -0.2) is 19.1 Å². The van der Waals surface area contributed by atoms with Crippen molar-refractivity contribution in [2.24, 2.45) is 11.5 Å². The van der Waals surface area contributed by atoms with Crippen molar-refractivity contribution in [3.63, 3.8) is 0 Å². The summed E-state index contributed by atoms with van der Waals surface area (Å²) >= 11 is 1.69. The Hall–Kier alpha value is -0.910. The van der Waals surface area contributed by atoms with Gasteiger partial charge in [0.25, 0.3) is 0 Å². The average molecular weight is 256 g/mol. The second-order valence-corrected chi connectivity index (χ2v) is 6.16. The van der Waals surface area contributed by atoms with Gasteiger partial charge < -0.3 is 16.2 Å². The lowest BCUT2D eigenvalue weighted by molar-refractivity contribution is -0.122. The Balaban J connectivity index is 2.55. The molecule has 0 bridgehead atoms. The molecule has 17 heavy (non-hydrogen) atoms. The lowest BCUT2D eigenvalue weighted by Gasteiger charge is -2.15. The van der Waals surface area contributed by atoms with Crippen LogP contribution in [0.25, 0.3) is 0 Å². The molecule has 1 rings (SSSR count). The number of amides is 1.